The number of rotatable bonds is 5. The van der Waals surface area contributed by atoms with Crippen molar-refractivity contribution in [3.63, 3.8) is 0 Å². The van der Waals surface area contributed by atoms with Gasteiger partial charge in [-0.15, -0.1) is 0 Å². The third kappa shape index (κ3) is 5.25. The molecule has 1 nitrogen and oxygen atoms in total. The summed E-state index contributed by atoms with van der Waals surface area (Å²) >= 11 is 6.87. The predicted octanol–water partition coefficient (Wildman–Crippen LogP) is 9.77. The number of halogens is 1. The van der Waals surface area contributed by atoms with Gasteiger partial charge in [0, 0.05) is 5.56 Å². The molecule has 0 spiro atoms. The second kappa shape index (κ2) is 10.7. The Hall–Kier alpha value is -2.38. The molecule has 3 aromatic carbocycles. The van der Waals surface area contributed by atoms with Crippen molar-refractivity contribution in [1.29, 1.82) is 0 Å². The first-order valence-corrected chi connectivity index (χ1v) is 13.2. The van der Waals surface area contributed by atoms with Gasteiger partial charge in [-0.1, -0.05) is 111 Å². The molecule has 0 radical (unpaired) electrons. The Labute approximate surface area is 203 Å². The van der Waals surface area contributed by atoms with E-state index in [1.165, 1.54) is 92.1 Å². The van der Waals surface area contributed by atoms with Gasteiger partial charge in [0.15, 0.2) is 0 Å². The fourth-order valence-electron chi connectivity index (χ4n) is 5.79. The Morgan fingerprint density at radius 1 is 0.606 bits per heavy atom. The molecule has 2 fully saturated rings. The maximum absolute atomic E-state index is 6.87. The Morgan fingerprint density at radius 2 is 1.09 bits per heavy atom. The van der Waals surface area contributed by atoms with Crippen LogP contribution in [0.1, 0.15) is 92.7 Å². The highest BCUT2D eigenvalue weighted by atomic mass is 35.5. The first-order chi connectivity index (χ1) is 16.3. The number of nitrogens with zero attached hydrogens (tertiary/aromatic N) is 1. The monoisotopic (exact) mass is 455 g/mol. The van der Waals surface area contributed by atoms with Gasteiger partial charge in [-0.25, -0.2) is 4.99 Å². The third-order valence-electron chi connectivity index (χ3n) is 7.59. The van der Waals surface area contributed by atoms with Crippen LogP contribution < -0.4 is 0 Å². The van der Waals surface area contributed by atoms with Crippen LogP contribution in [0, 0.1) is 0 Å². The highest BCUT2D eigenvalue weighted by Crippen LogP contribution is 2.46. The third-order valence-corrected chi connectivity index (χ3v) is 7.89. The van der Waals surface area contributed by atoms with E-state index in [-0.39, 0.29) is 0 Å². The van der Waals surface area contributed by atoms with E-state index in [0.717, 1.165) is 5.56 Å². The van der Waals surface area contributed by atoms with Crippen molar-refractivity contribution in [3.05, 3.63) is 89.5 Å². The fourth-order valence-corrected chi connectivity index (χ4v) is 6.00. The van der Waals surface area contributed by atoms with E-state index in [1.54, 1.807) is 0 Å². The summed E-state index contributed by atoms with van der Waals surface area (Å²) in [5.41, 5.74) is 7.65. The molecular formula is C31H34ClN. The van der Waals surface area contributed by atoms with Gasteiger partial charge in [0.2, 0.25) is 0 Å². The van der Waals surface area contributed by atoms with Crippen LogP contribution in [0.25, 0.3) is 11.1 Å². The molecule has 0 saturated heterocycles. The van der Waals surface area contributed by atoms with Crippen LogP contribution in [0.4, 0.5) is 5.69 Å². The molecule has 2 heteroatoms. The lowest BCUT2D eigenvalue weighted by Crippen LogP contribution is -2.10. The standard InChI is InChI=1S/C31H34ClN/c32-31(26-19-11-4-12-20-26)33-30-28(24-15-7-2-8-16-24)21-27(23-13-5-1-6-14-23)22-29(30)25-17-9-3-10-18-25/h1,4-6,11-14,19-22,24-25H,2-3,7-10,15-18H2. The van der Waals surface area contributed by atoms with Crippen molar-refractivity contribution in [2.75, 3.05) is 0 Å². The molecule has 0 atom stereocenters. The summed E-state index contributed by atoms with van der Waals surface area (Å²) in [6.07, 6.45) is 13.0. The molecule has 0 N–H and O–H groups in total. The van der Waals surface area contributed by atoms with Crippen LogP contribution in [-0.4, -0.2) is 5.17 Å². The van der Waals surface area contributed by atoms with Gasteiger partial charge in [0.25, 0.3) is 0 Å². The quantitative estimate of drug-likeness (QED) is 0.339. The Balaban J connectivity index is 1.69. The van der Waals surface area contributed by atoms with Crippen molar-refractivity contribution in [1.82, 2.24) is 0 Å². The van der Waals surface area contributed by atoms with Crippen molar-refractivity contribution in [3.8, 4) is 11.1 Å². The average Bonchev–Trinajstić information content (AvgIpc) is 2.90. The van der Waals surface area contributed by atoms with Crippen LogP contribution in [0.15, 0.2) is 77.8 Å². The van der Waals surface area contributed by atoms with Gasteiger partial charge in [-0.3, -0.25) is 0 Å². The maximum Gasteiger partial charge on any atom is 0.136 e. The van der Waals surface area contributed by atoms with E-state index in [0.29, 0.717) is 17.0 Å². The molecule has 2 aliphatic carbocycles. The SMILES string of the molecule is ClC(=Nc1c(C2CCCCC2)cc(-c2ccccc2)cc1C1CCCCC1)c1ccccc1. The molecule has 2 aliphatic rings. The molecule has 0 unspecified atom stereocenters. The number of aliphatic imine (C=N–C) groups is 1. The van der Waals surface area contributed by atoms with Crippen molar-refractivity contribution in [2.45, 2.75) is 76.0 Å². The van der Waals surface area contributed by atoms with Crippen molar-refractivity contribution in [2.24, 2.45) is 4.99 Å². The second-order valence-corrected chi connectivity index (χ2v) is 10.2. The normalized spacial score (nSPS) is 18.4. The van der Waals surface area contributed by atoms with Crippen molar-refractivity contribution < 1.29 is 0 Å². The van der Waals surface area contributed by atoms with Crippen LogP contribution >= 0.6 is 11.6 Å². The maximum atomic E-state index is 6.87. The molecule has 3 aromatic rings. The van der Waals surface area contributed by atoms with Gasteiger partial charge in [-0.05, 0) is 71.9 Å². The van der Waals surface area contributed by atoms with Crippen LogP contribution in [0.5, 0.6) is 0 Å². The van der Waals surface area contributed by atoms with Gasteiger partial charge in [0.05, 0.1) is 5.69 Å². The zero-order chi connectivity index (χ0) is 22.5. The number of hydrogen-bond donors (Lipinski definition) is 0. The summed E-state index contributed by atoms with van der Waals surface area (Å²) < 4.78 is 0. The van der Waals surface area contributed by atoms with Gasteiger partial charge in [0.1, 0.15) is 5.17 Å². The van der Waals surface area contributed by atoms with E-state index in [4.69, 9.17) is 16.6 Å². The number of hydrogen-bond acceptors (Lipinski definition) is 1. The van der Waals surface area contributed by atoms with Gasteiger partial charge in [-0.2, -0.15) is 0 Å². The zero-order valence-corrected chi connectivity index (χ0v) is 20.2. The highest BCUT2D eigenvalue weighted by molar-refractivity contribution is 6.69. The number of benzene rings is 3. The molecule has 33 heavy (non-hydrogen) atoms. The van der Waals surface area contributed by atoms with E-state index in [2.05, 4.69) is 54.6 Å². The summed E-state index contributed by atoms with van der Waals surface area (Å²) in [6, 6.07) is 26.0. The van der Waals surface area contributed by atoms with E-state index < -0.39 is 0 Å². The van der Waals surface area contributed by atoms with E-state index in [1.807, 2.05) is 18.2 Å². The molecule has 170 valence electrons. The average molecular weight is 456 g/mol. The molecule has 0 heterocycles. The lowest BCUT2D eigenvalue weighted by molar-refractivity contribution is 0.436. The molecular weight excluding hydrogens is 422 g/mol. The van der Waals surface area contributed by atoms with E-state index >= 15 is 0 Å². The smallest absolute Gasteiger partial charge is 0.136 e. The molecule has 0 bridgehead atoms. The Morgan fingerprint density at radius 3 is 1.61 bits per heavy atom. The summed E-state index contributed by atoms with van der Waals surface area (Å²) in [4.78, 5) is 5.20. The summed E-state index contributed by atoms with van der Waals surface area (Å²) in [5, 5.41) is 0.608. The van der Waals surface area contributed by atoms with Crippen LogP contribution in [-0.2, 0) is 0 Å². The first-order valence-electron chi connectivity index (χ1n) is 12.8. The summed E-state index contributed by atoms with van der Waals surface area (Å²) in [7, 11) is 0. The fraction of sp³-hybridized carbons (Fsp3) is 0.387. The minimum Gasteiger partial charge on any atom is -0.235 e. The van der Waals surface area contributed by atoms with Gasteiger partial charge < -0.3 is 0 Å². The lowest BCUT2D eigenvalue weighted by Gasteiger charge is -2.29. The zero-order valence-electron chi connectivity index (χ0n) is 19.5. The second-order valence-electron chi connectivity index (χ2n) is 9.81. The highest BCUT2D eigenvalue weighted by Gasteiger charge is 2.26. The molecule has 0 aliphatic heterocycles. The topological polar surface area (TPSA) is 12.4 Å². The lowest BCUT2D eigenvalue weighted by atomic mass is 9.77. The molecule has 5 rings (SSSR count). The molecule has 0 amide bonds. The van der Waals surface area contributed by atoms with Gasteiger partial charge >= 0.3 is 0 Å². The van der Waals surface area contributed by atoms with Crippen molar-refractivity contribution >= 4 is 22.5 Å². The Kier molecular flexibility index (Phi) is 7.27. The molecule has 0 aromatic heterocycles. The summed E-state index contributed by atoms with van der Waals surface area (Å²) in [5.74, 6) is 1.15. The van der Waals surface area contributed by atoms with Crippen LogP contribution in [0.2, 0.25) is 0 Å². The predicted molar refractivity (Wildman–Crippen MR) is 142 cm³/mol. The first kappa shape index (κ1) is 22.4. The largest absolute Gasteiger partial charge is 0.235 e. The Bertz CT molecular complexity index is 1040. The minimum absolute atomic E-state index is 0.573. The summed E-state index contributed by atoms with van der Waals surface area (Å²) in [6.45, 7) is 0. The minimum atomic E-state index is 0.573. The molecule has 2 saturated carbocycles. The van der Waals surface area contributed by atoms with E-state index in [9.17, 15) is 0 Å². The van der Waals surface area contributed by atoms with Crippen LogP contribution in [0.3, 0.4) is 0 Å².